The fourth-order valence-electron chi connectivity index (χ4n) is 2.05. The van der Waals surface area contributed by atoms with Crippen molar-refractivity contribution in [2.24, 2.45) is 0 Å². The van der Waals surface area contributed by atoms with E-state index in [1.807, 2.05) is 4.90 Å². The van der Waals surface area contributed by atoms with Gasteiger partial charge in [0.15, 0.2) is 5.75 Å². The second-order valence-electron chi connectivity index (χ2n) is 4.32. The van der Waals surface area contributed by atoms with Crippen LogP contribution in [0.25, 0.3) is 0 Å². The Kier molecular flexibility index (Phi) is 4.24. The van der Waals surface area contributed by atoms with Crippen LogP contribution in [0.4, 0.5) is 5.69 Å². The Morgan fingerprint density at radius 3 is 3.00 bits per heavy atom. The fourth-order valence-corrected chi connectivity index (χ4v) is 2.05. The minimum absolute atomic E-state index is 0.110. The lowest BCUT2D eigenvalue weighted by molar-refractivity contribution is -0.119. The van der Waals surface area contributed by atoms with Gasteiger partial charge in [0.2, 0.25) is 5.91 Å². The van der Waals surface area contributed by atoms with E-state index in [0.717, 1.165) is 0 Å². The average molecular weight is 276 g/mol. The summed E-state index contributed by atoms with van der Waals surface area (Å²) < 4.78 is 5.44. The summed E-state index contributed by atoms with van der Waals surface area (Å²) in [6, 6.07) is 4.88. The Hall–Kier alpha value is -2.50. The maximum atomic E-state index is 11.7. The molecule has 0 bridgehead atoms. The number of para-hydroxylation sites is 1. The number of hydrogen-bond donors (Lipinski definition) is 2. The lowest BCUT2D eigenvalue weighted by Crippen LogP contribution is -2.41. The van der Waals surface area contributed by atoms with E-state index in [-0.39, 0.29) is 18.0 Å². The van der Waals surface area contributed by atoms with Gasteiger partial charge in [-0.3, -0.25) is 4.79 Å². The van der Waals surface area contributed by atoms with Crippen molar-refractivity contribution < 1.29 is 19.4 Å². The first-order chi connectivity index (χ1) is 9.63. The number of ether oxygens (including phenoxy) is 1. The molecule has 1 aliphatic rings. The maximum Gasteiger partial charge on any atom is 0.339 e. The molecule has 0 saturated heterocycles. The predicted molar refractivity (Wildman–Crippen MR) is 74.3 cm³/mol. The average Bonchev–Trinajstić information content (AvgIpc) is 2.44. The smallest absolute Gasteiger partial charge is 0.339 e. The summed E-state index contributed by atoms with van der Waals surface area (Å²) >= 11 is 0. The summed E-state index contributed by atoms with van der Waals surface area (Å²) in [5, 5.41) is 11.8. The first-order valence-electron chi connectivity index (χ1n) is 6.25. The Bertz CT molecular complexity index is 542. The van der Waals surface area contributed by atoms with E-state index in [2.05, 4.69) is 11.9 Å². The van der Waals surface area contributed by atoms with E-state index in [9.17, 15) is 9.59 Å². The molecule has 0 radical (unpaired) electrons. The minimum atomic E-state index is -1.04. The van der Waals surface area contributed by atoms with Crippen LogP contribution in [0.5, 0.6) is 5.75 Å². The van der Waals surface area contributed by atoms with Crippen molar-refractivity contribution in [3.8, 4) is 5.75 Å². The summed E-state index contributed by atoms with van der Waals surface area (Å²) in [7, 11) is 0. The lowest BCUT2D eigenvalue weighted by Gasteiger charge is -2.31. The molecular formula is C14H16N2O4. The van der Waals surface area contributed by atoms with Gasteiger partial charge in [0, 0.05) is 6.54 Å². The molecular weight excluding hydrogens is 260 g/mol. The summed E-state index contributed by atoms with van der Waals surface area (Å²) in [4.78, 5) is 24.7. The second kappa shape index (κ2) is 6.10. The summed E-state index contributed by atoms with van der Waals surface area (Å²) in [6.45, 7) is 4.99. The molecule has 1 aromatic carbocycles. The summed E-state index contributed by atoms with van der Waals surface area (Å²) in [6.07, 6.45) is 1.60. The van der Waals surface area contributed by atoms with Gasteiger partial charge in [0.25, 0.3) is 0 Å². The zero-order chi connectivity index (χ0) is 14.5. The van der Waals surface area contributed by atoms with Crippen LogP contribution in [0.3, 0.4) is 0 Å². The van der Waals surface area contributed by atoms with E-state index in [4.69, 9.17) is 9.84 Å². The Balaban J connectivity index is 2.20. The number of fused-ring (bicyclic) bond motifs is 1. The number of nitrogens with one attached hydrogen (secondary N) is 1. The molecule has 0 unspecified atom stereocenters. The van der Waals surface area contributed by atoms with Crippen molar-refractivity contribution in [3.63, 3.8) is 0 Å². The zero-order valence-electron chi connectivity index (χ0n) is 11.0. The standard InChI is InChI=1S/C14H16N2O4/c1-2-6-15-12(17)9-16-7-8-20-13-10(14(18)19)4-3-5-11(13)16/h2-5H,1,6-9H2,(H,15,17)(H,18,19). The van der Waals surface area contributed by atoms with Crippen molar-refractivity contribution in [2.75, 3.05) is 31.1 Å². The molecule has 1 heterocycles. The van der Waals surface area contributed by atoms with Gasteiger partial charge in [-0.15, -0.1) is 6.58 Å². The first kappa shape index (κ1) is 13.9. The van der Waals surface area contributed by atoms with Gasteiger partial charge in [0.1, 0.15) is 12.2 Å². The van der Waals surface area contributed by atoms with Crippen molar-refractivity contribution in [3.05, 3.63) is 36.4 Å². The van der Waals surface area contributed by atoms with Crippen LogP contribution in [0.15, 0.2) is 30.9 Å². The number of carboxylic acid groups (broad SMARTS) is 1. The molecule has 6 nitrogen and oxygen atoms in total. The zero-order valence-corrected chi connectivity index (χ0v) is 11.0. The van der Waals surface area contributed by atoms with Crippen LogP contribution in [-0.2, 0) is 4.79 Å². The van der Waals surface area contributed by atoms with Gasteiger partial charge in [-0.1, -0.05) is 12.1 Å². The van der Waals surface area contributed by atoms with Crippen LogP contribution in [0.2, 0.25) is 0 Å². The number of benzene rings is 1. The Labute approximate surface area is 116 Å². The number of anilines is 1. The van der Waals surface area contributed by atoms with Crippen molar-refractivity contribution in [1.29, 1.82) is 0 Å². The molecule has 106 valence electrons. The molecule has 20 heavy (non-hydrogen) atoms. The number of carbonyl (C=O) groups excluding carboxylic acids is 1. The molecule has 0 aliphatic carbocycles. The van der Waals surface area contributed by atoms with Gasteiger partial charge in [0.05, 0.1) is 18.8 Å². The Morgan fingerprint density at radius 1 is 1.50 bits per heavy atom. The highest BCUT2D eigenvalue weighted by Gasteiger charge is 2.24. The molecule has 0 saturated carbocycles. The fraction of sp³-hybridized carbons (Fsp3) is 0.286. The van der Waals surface area contributed by atoms with Crippen LogP contribution in [0, 0.1) is 0 Å². The third-order valence-electron chi connectivity index (χ3n) is 2.95. The van der Waals surface area contributed by atoms with E-state index < -0.39 is 5.97 Å². The van der Waals surface area contributed by atoms with Gasteiger partial charge in [-0.2, -0.15) is 0 Å². The molecule has 0 aromatic heterocycles. The third-order valence-corrected chi connectivity index (χ3v) is 2.95. The molecule has 0 atom stereocenters. The van der Waals surface area contributed by atoms with E-state index in [1.165, 1.54) is 6.07 Å². The van der Waals surface area contributed by atoms with Gasteiger partial charge < -0.3 is 20.1 Å². The number of carbonyl (C=O) groups is 2. The highest BCUT2D eigenvalue weighted by Crippen LogP contribution is 2.34. The van der Waals surface area contributed by atoms with E-state index in [0.29, 0.717) is 31.1 Å². The number of nitrogens with zero attached hydrogens (tertiary/aromatic N) is 1. The third kappa shape index (κ3) is 2.90. The highest BCUT2D eigenvalue weighted by molar-refractivity contribution is 5.94. The molecule has 0 fully saturated rings. The molecule has 1 aliphatic heterocycles. The molecule has 6 heteroatoms. The minimum Gasteiger partial charge on any atom is -0.489 e. The molecule has 1 aromatic rings. The molecule has 2 N–H and O–H groups in total. The SMILES string of the molecule is C=CCNC(=O)CN1CCOc2c(C(=O)O)cccc21. The predicted octanol–water partition coefficient (Wildman–Crippen LogP) is 0.886. The number of hydrogen-bond acceptors (Lipinski definition) is 4. The molecule has 0 spiro atoms. The van der Waals surface area contributed by atoms with Crippen LogP contribution in [-0.4, -0.2) is 43.2 Å². The quantitative estimate of drug-likeness (QED) is 0.781. The maximum absolute atomic E-state index is 11.7. The largest absolute Gasteiger partial charge is 0.489 e. The number of rotatable bonds is 5. The number of carboxylic acids is 1. The summed E-state index contributed by atoms with van der Waals surface area (Å²) in [5.41, 5.74) is 0.739. The highest BCUT2D eigenvalue weighted by atomic mass is 16.5. The topological polar surface area (TPSA) is 78.9 Å². The van der Waals surface area contributed by atoms with Crippen molar-refractivity contribution >= 4 is 17.6 Å². The molecule has 1 amide bonds. The van der Waals surface area contributed by atoms with Gasteiger partial charge in [-0.25, -0.2) is 4.79 Å². The second-order valence-corrected chi connectivity index (χ2v) is 4.32. The van der Waals surface area contributed by atoms with Crippen molar-refractivity contribution in [2.45, 2.75) is 0 Å². The monoisotopic (exact) mass is 276 g/mol. The Morgan fingerprint density at radius 2 is 2.30 bits per heavy atom. The van der Waals surface area contributed by atoms with E-state index in [1.54, 1.807) is 18.2 Å². The number of aromatic carboxylic acids is 1. The van der Waals surface area contributed by atoms with Gasteiger partial charge in [-0.05, 0) is 12.1 Å². The normalized spacial score (nSPS) is 13.1. The molecule has 2 rings (SSSR count). The van der Waals surface area contributed by atoms with Gasteiger partial charge >= 0.3 is 5.97 Å². The summed E-state index contributed by atoms with van der Waals surface area (Å²) in [5.74, 6) is -0.860. The lowest BCUT2D eigenvalue weighted by atomic mass is 10.1. The number of amides is 1. The van der Waals surface area contributed by atoms with Crippen LogP contribution in [0.1, 0.15) is 10.4 Å². The van der Waals surface area contributed by atoms with E-state index >= 15 is 0 Å². The van der Waals surface area contributed by atoms with Crippen molar-refractivity contribution in [1.82, 2.24) is 5.32 Å². The van der Waals surface area contributed by atoms with Crippen LogP contribution >= 0.6 is 0 Å². The van der Waals surface area contributed by atoms with Crippen LogP contribution < -0.4 is 15.0 Å². The first-order valence-corrected chi connectivity index (χ1v) is 6.25.